The van der Waals surface area contributed by atoms with Gasteiger partial charge in [0.25, 0.3) is 0 Å². The number of hydrogen-bond acceptors (Lipinski definition) is 4. The minimum absolute atomic E-state index is 0.0648. The van der Waals surface area contributed by atoms with Crippen LogP contribution in [0.4, 0.5) is 4.79 Å². The molecule has 1 rings (SSSR count). The molecular weight excluding hydrogens is 272 g/mol. The van der Waals surface area contributed by atoms with E-state index < -0.39 is 17.7 Å². The van der Waals surface area contributed by atoms with Crippen molar-refractivity contribution < 1.29 is 19.4 Å². The average molecular weight is 300 g/mol. The summed E-state index contributed by atoms with van der Waals surface area (Å²) in [5.41, 5.74) is -0.505. The molecule has 3 unspecified atom stereocenters. The maximum Gasteiger partial charge on any atom is 0.407 e. The first kappa shape index (κ1) is 17.8. The Kier molecular flexibility index (Phi) is 6.45. The molecule has 0 aromatic heterocycles. The predicted molar refractivity (Wildman–Crippen MR) is 80.2 cm³/mol. The third kappa shape index (κ3) is 7.32. The quantitative estimate of drug-likeness (QED) is 0.724. The monoisotopic (exact) mass is 300 g/mol. The summed E-state index contributed by atoms with van der Waals surface area (Å²) < 4.78 is 5.19. The summed E-state index contributed by atoms with van der Waals surface area (Å²) in [6, 6.07) is 0.146. The van der Waals surface area contributed by atoms with Gasteiger partial charge >= 0.3 is 12.1 Å². The van der Waals surface area contributed by atoms with Crippen LogP contribution in [0.1, 0.15) is 53.4 Å². The van der Waals surface area contributed by atoms with Gasteiger partial charge in [0, 0.05) is 18.6 Å². The third-order valence-electron chi connectivity index (χ3n) is 3.50. The maximum atomic E-state index is 11.6. The van der Waals surface area contributed by atoms with Crippen molar-refractivity contribution in [1.29, 1.82) is 0 Å². The van der Waals surface area contributed by atoms with E-state index in [0.717, 1.165) is 19.3 Å². The van der Waals surface area contributed by atoms with Crippen LogP contribution in [0.15, 0.2) is 0 Å². The number of rotatable bonds is 5. The van der Waals surface area contributed by atoms with Crippen LogP contribution >= 0.6 is 0 Å². The van der Waals surface area contributed by atoms with Crippen molar-refractivity contribution in [3.63, 3.8) is 0 Å². The van der Waals surface area contributed by atoms with E-state index in [1.165, 1.54) is 0 Å². The number of nitrogens with one attached hydrogen (secondary N) is 2. The number of alkyl carbamates (subject to hydrolysis) is 1. The molecule has 122 valence electrons. The van der Waals surface area contributed by atoms with Gasteiger partial charge in [0.15, 0.2) is 0 Å². The number of carboxylic acids is 1. The van der Waals surface area contributed by atoms with E-state index in [1.807, 2.05) is 27.7 Å². The zero-order valence-electron chi connectivity index (χ0n) is 13.4. The zero-order chi connectivity index (χ0) is 16.0. The van der Waals surface area contributed by atoms with Crippen molar-refractivity contribution in [2.24, 2.45) is 5.92 Å². The van der Waals surface area contributed by atoms with Crippen molar-refractivity contribution in [2.75, 3.05) is 6.54 Å². The lowest BCUT2D eigenvalue weighted by atomic mass is 9.86. The van der Waals surface area contributed by atoms with Crippen LogP contribution in [-0.4, -0.2) is 41.4 Å². The van der Waals surface area contributed by atoms with E-state index in [9.17, 15) is 9.59 Å². The molecule has 1 aliphatic carbocycles. The smallest absolute Gasteiger partial charge is 0.407 e. The van der Waals surface area contributed by atoms with Gasteiger partial charge in [-0.3, -0.25) is 4.79 Å². The molecule has 0 radical (unpaired) electrons. The van der Waals surface area contributed by atoms with Crippen molar-refractivity contribution in [1.82, 2.24) is 10.6 Å². The third-order valence-corrected chi connectivity index (χ3v) is 3.50. The fourth-order valence-corrected chi connectivity index (χ4v) is 2.50. The molecule has 3 atom stereocenters. The van der Waals surface area contributed by atoms with Crippen LogP contribution < -0.4 is 10.6 Å². The Balaban J connectivity index is 2.28. The van der Waals surface area contributed by atoms with Crippen molar-refractivity contribution in [3.8, 4) is 0 Å². The van der Waals surface area contributed by atoms with E-state index in [-0.39, 0.29) is 18.0 Å². The highest BCUT2D eigenvalue weighted by molar-refractivity contribution is 5.70. The molecule has 6 heteroatoms. The average Bonchev–Trinajstić information content (AvgIpc) is 2.34. The van der Waals surface area contributed by atoms with E-state index in [1.54, 1.807) is 0 Å². The summed E-state index contributed by atoms with van der Waals surface area (Å²) in [4.78, 5) is 22.6. The molecule has 0 bridgehead atoms. The molecule has 3 N–H and O–H groups in total. The number of carbonyl (C=O) groups excluding carboxylic acids is 1. The Morgan fingerprint density at radius 2 is 2.00 bits per heavy atom. The zero-order valence-corrected chi connectivity index (χ0v) is 13.4. The fourth-order valence-electron chi connectivity index (χ4n) is 2.50. The molecule has 0 aliphatic heterocycles. The molecule has 21 heavy (non-hydrogen) atoms. The van der Waals surface area contributed by atoms with E-state index >= 15 is 0 Å². The van der Waals surface area contributed by atoms with Gasteiger partial charge in [0.1, 0.15) is 5.60 Å². The van der Waals surface area contributed by atoms with Gasteiger partial charge < -0.3 is 20.5 Å². The number of carbonyl (C=O) groups is 2. The first-order valence-corrected chi connectivity index (χ1v) is 7.63. The minimum Gasteiger partial charge on any atom is -0.481 e. The Morgan fingerprint density at radius 1 is 1.33 bits per heavy atom. The van der Waals surface area contributed by atoms with Crippen molar-refractivity contribution in [3.05, 3.63) is 0 Å². The Morgan fingerprint density at radius 3 is 2.57 bits per heavy atom. The van der Waals surface area contributed by atoms with Crippen LogP contribution in [0.25, 0.3) is 0 Å². The van der Waals surface area contributed by atoms with E-state index in [0.29, 0.717) is 13.0 Å². The fraction of sp³-hybridized carbons (Fsp3) is 0.867. The second kappa shape index (κ2) is 7.64. The van der Waals surface area contributed by atoms with Crippen LogP contribution in [0.2, 0.25) is 0 Å². The van der Waals surface area contributed by atoms with Crippen LogP contribution in [0.3, 0.4) is 0 Å². The number of aliphatic carboxylic acids is 1. The molecular formula is C15H28N2O4. The van der Waals surface area contributed by atoms with Crippen LogP contribution in [-0.2, 0) is 9.53 Å². The van der Waals surface area contributed by atoms with Gasteiger partial charge in [-0.25, -0.2) is 4.79 Å². The molecule has 1 fully saturated rings. The number of hydrogen-bond donors (Lipinski definition) is 3. The number of carboxylic acid groups (broad SMARTS) is 1. The summed E-state index contributed by atoms with van der Waals surface area (Å²) in [5.74, 6) is -0.952. The summed E-state index contributed by atoms with van der Waals surface area (Å²) in [7, 11) is 0. The lowest BCUT2D eigenvalue weighted by Crippen LogP contribution is -2.46. The van der Waals surface area contributed by atoms with Crippen molar-refractivity contribution in [2.45, 2.75) is 71.1 Å². The summed E-state index contributed by atoms with van der Waals surface area (Å²) >= 11 is 0. The normalized spacial score (nSPS) is 24.2. The van der Waals surface area contributed by atoms with Gasteiger partial charge in [-0.1, -0.05) is 6.42 Å². The summed E-state index contributed by atoms with van der Waals surface area (Å²) in [5, 5.41) is 15.2. The molecule has 1 aliphatic rings. The predicted octanol–water partition coefficient (Wildman–Crippen LogP) is 2.13. The topological polar surface area (TPSA) is 87.7 Å². The Bertz CT molecular complexity index is 365. The van der Waals surface area contributed by atoms with Gasteiger partial charge in [-0.2, -0.15) is 0 Å². The SMILES string of the molecule is CC(CNC1CCCC(C(=O)O)C1)NC(=O)OC(C)(C)C. The summed E-state index contributed by atoms with van der Waals surface area (Å²) in [6.07, 6.45) is 2.92. The highest BCUT2D eigenvalue weighted by atomic mass is 16.6. The largest absolute Gasteiger partial charge is 0.481 e. The molecule has 0 heterocycles. The first-order valence-electron chi connectivity index (χ1n) is 7.63. The standard InChI is InChI=1S/C15H28N2O4/c1-10(17-14(20)21-15(2,3)4)9-16-12-7-5-6-11(8-12)13(18)19/h10-12,16H,5-9H2,1-4H3,(H,17,20)(H,18,19). The van der Waals surface area contributed by atoms with Crippen LogP contribution in [0, 0.1) is 5.92 Å². The molecule has 6 nitrogen and oxygen atoms in total. The Labute approximate surface area is 126 Å². The second-order valence-electron chi connectivity index (χ2n) is 6.85. The van der Waals surface area contributed by atoms with Gasteiger partial charge in [-0.05, 0) is 47.0 Å². The first-order chi connectivity index (χ1) is 9.67. The lowest BCUT2D eigenvalue weighted by Gasteiger charge is -2.29. The Hall–Kier alpha value is -1.30. The van der Waals surface area contributed by atoms with Crippen molar-refractivity contribution >= 4 is 12.1 Å². The second-order valence-corrected chi connectivity index (χ2v) is 6.85. The highest BCUT2D eigenvalue weighted by Crippen LogP contribution is 2.24. The highest BCUT2D eigenvalue weighted by Gasteiger charge is 2.27. The van der Waals surface area contributed by atoms with Gasteiger partial charge in [0.2, 0.25) is 0 Å². The minimum atomic E-state index is -0.707. The molecule has 0 aromatic carbocycles. The van der Waals surface area contributed by atoms with E-state index in [4.69, 9.17) is 9.84 Å². The molecule has 1 saturated carbocycles. The maximum absolute atomic E-state index is 11.6. The molecule has 0 saturated heterocycles. The molecule has 1 amide bonds. The molecule has 0 aromatic rings. The van der Waals surface area contributed by atoms with E-state index in [2.05, 4.69) is 10.6 Å². The summed E-state index contributed by atoms with van der Waals surface area (Å²) in [6.45, 7) is 7.97. The van der Waals surface area contributed by atoms with Gasteiger partial charge in [-0.15, -0.1) is 0 Å². The lowest BCUT2D eigenvalue weighted by molar-refractivity contribution is -0.143. The number of ether oxygens (including phenoxy) is 1. The number of amides is 1. The van der Waals surface area contributed by atoms with Gasteiger partial charge in [0.05, 0.1) is 5.92 Å². The molecule has 0 spiro atoms. The van der Waals surface area contributed by atoms with Crippen LogP contribution in [0.5, 0.6) is 0 Å².